The summed E-state index contributed by atoms with van der Waals surface area (Å²) in [5, 5.41) is 11.9. The second-order valence-corrected chi connectivity index (χ2v) is 4.37. The van der Waals surface area contributed by atoms with Crippen LogP contribution in [0.25, 0.3) is 0 Å². The third-order valence-electron chi connectivity index (χ3n) is 3.08. The molecule has 0 aliphatic heterocycles. The molecule has 98 valence electrons. The number of aliphatic hydroxyl groups is 1. The second-order valence-electron chi connectivity index (χ2n) is 4.37. The summed E-state index contributed by atoms with van der Waals surface area (Å²) in [5.41, 5.74) is 0. The van der Waals surface area contributed by atoms with Crippen molar-refractivity contribution in [3.8, 4) is 0 Å². The van der Waals surface area contributed by atoms with Crippen LogP contribution in [0.5, 0.6) is 0 Å². The molecule has 1 aliphatic rings. The maximum atomic E-state index is 11.4. The molecule has 0 spiro atoms. The highest BCUT2D eigenvalue weighted by Crippen LogP contribution is 2.21. The number of amides is 2. The van der Waals surface area contributed by atoms with Crippen LogP contribution < -0.4 is 5.32 Å². The van der Waals surface area contributed by atoms with Crippen molar-refractivity contribution < 1.29 is 19.4 Å². The highest BCUT2D eigenvalue weighted by Gasteiger charge is 2.27. The molecule has 0 radical (unpaired) electrons. The minimum Gasteiger partial charge on any atom is -0.453 e. The number of rotatable bonds is 3. The number of carbonyl (C=O) groups excluding carboxylic acids is 2. The van der Waals surface area contributed by atoms with Gasteiger partial charge >= 0.3 is 6.09 Å². The number of hydrogen-bond acceptors (Lipinski definition) is 5. The number of imide groups is 1. The van der Waals surface area contributed by atoms with Crippen molar-refractivity contribution in [3.05, 3.63) is 0 Å². The highest BCUT2D eigenvalue weighted by molar-refractivity contribution is 5.92. The van der Waals surface area contributed by atoms with Crippen molar-refractivity contribution in [3.63, 3.8) is 0 Å². The van der Waals surface area contributed by atoms with Gasteiger partial charge in [0.05, 0.1) is 19.8 Å². The molecule has 0 heterocycles. The maximum absolute atomic E-state index is 11.4. The van der Waals surface area contributed by atoms with Crippen LogP contribution in [0.3, 0.4) is 0 Å². The first-order chi connectivity index (χ1) is 8.04. The van der Waals surface area contributed by atoms with Crippen molar-refractivity contribution in [1.82, 2.24) is 10.2 Å². The predicted molar refractivity (Wildman–Crippen MR) is 61.4 cm³/mol. The largest absolute Gasteiger partial charge is 0.453 e. The van der Waals surface area contributed by atoms with E-state index < -0.39 is 12.0 Å². The maximum Gasteiger partial charge on any atom is 0.413 e. The molecule has 1 rings (SSSR count). The number of likely N-dealkylation sites (N-methyl/N-ethyl adjacent to an activating group) is 1. The molecule has 6 heteroatoms. The van der Waals surface area contributed by atoms with Gasteiger partial charge in [0.2, 0.25) is 5.91 Å². The smallest absolute Gasteiger partial charge is 0.413 e. The number of carbonyl (C=O) groups is 2. The van der Waals surface area contributed by atoms with Crippen LogP contribution in [0.15, 0.2) is 0 Å². The Hall–Kier alpha value is -1.14. The van der Waals surface area contributed by atoms with Gasteiger partial charge in [-0.1, -0.05) is 12.8 Å². The van der Waals surface area contributed by atoms with Gasteiger partial charge in [-0.3, -0.25) is 15.0 Å². The van der Waals surface area contributed by atoms with Gasteiger partial charge < -0.3 is 9.84 Å². The Morgan fingerprint density at radius 2 is 2.06 bits per heavy atom. The van der Waals surface area contributed by atoms with E-state index in [0.29, 0.717) is 0 Å². The topological polar surface area (TPSA) is 78.9 Å². The molecular weight excluding hydrogens is 224 g/mol. The van der Waals surface area contributed by atoms with E-state index in [2.05, 4.69) is 10.1 Å². The molecule has 0 aromatic carbocycles. The fourth-order valence-corrected chi connectivity index (χ4v) is 2.15. The molecular formula is C11H20N2O4. The average molecular weight is 244 g/mol. The van der Waals surface area contributed by atoms with Gasteiger partial charge in [-0.15, -0.1) is 0 Å². The monoisotopic (exact) mass is 244 g/mol. The zero-order chi connectivity index (χ0) is 12.8. The Morgan fingerprint density at radius 3 is 2.65 bits per heavy atom. The summed E-state index contributed by atoms with van der Waals surface area (Å²) in [7, 11) is 2.98. The van der Waals surface area contributed by atoms with E-state index >= 15 is 0 Å². The van der Waals surface area contributed by atoms with Gasteiger partial charge in [0.25, 0.3) is 0 Å². The summed E-state index contributed by atoms with van der Waals surface area (Å²) in [5.74, 6) is -0.419. The predicted octanol–water partition coefficient (Wildman–Crippen LogP) is 0.104. The highest BCUT2D eigenvalue weighted by atomic mass is 16.5. The standard InChI is InChI=1S/C11H20N2O4/c1-13(7-10(15)12-11(16)17-2)8-5-3-4-6-9(8)14/h8-9,14H,3-7H2,1-2H3,(H,12,15,16). The molecule has 1 aliphatic carbocycles. The summed E-state index contributed by atoms with van der Waals surface area (Å²) >= 11 is 0. The lowest BCUT2D eigenvalue weighted by Crippen LogP contribution is -2.48. The Morgan fingerprint density at radius 1 is 1.41 bits per heavy atom. The van der Waals surface area contributed by atoms with Crippen LogP contribution in [0.4, 0.5) is 4.79 Å². The van der Waals surface area contributed by atoms with Gasteiger partial charge in [0, 0.05) is 6.04 Å². The lowest BCUT2D eigenvalue weighted by molar-refractivity contribution is -0.122. The molecule has 0 aromatic rings. The summed E-state index contributed by atoms with van der Waals surface area (Å²) < 4.78 is 4.33. The first-order valence-corrected chi connectivity index (χ1v) is 5.80. The molecule has 2 N–H and O–H groups in total. The van der Waals surface area contributed by atoms with E-state index in [-0.39, 0.29) is 18.7 Å². The molecule has 2 unspecified atom stereocenters. The average Bonchev–Trinajstić information content (AvgIpc) is 2.29. The zero-order valence-corrected chi connectivity index (χ0v) is 10.3. The number of methoxy groups -OCH3 is 1. The van der Waals surface area contributed by atoms with Crippen LogP contribution in [0, 0.1) is 0 Å². The van der Waals surface area contributed by atoms with Gasteiger partial charge in [0.1, 0.15) is 0 Å². The lowest BCUT2D eigenvalue weighted by atomic mass is 9.91. The van der Waals surface area contributed by atoms with Crippen molar-refractivity contribution in [2.45, 2.75) is 37.8 Å². The van der Waals surface area contributed by atoms with Crippen molar-refractivity contribution in [2.75, 3.05) is 20.7 Å². The van der Waals surface area contributed by atoms with E-state index in [4.69, 9.17) is 0 Å². The number of hydrogen-bond donors (Lipinski definition) is 2. The Balaban J connectivity index is 2.39. The zero-order valence-electron chi connectivity index (χ0n) is 10.3. The van der Waals surface area contributed by atoms with Gasteiger partial charge in [-0.2, -0.15) is 0 Å². The second kappa shape index (κ2) is 6.56. The molecule has 2 amide bonds. The number of ether oxygens (including phenoxy) is 1. The number of nitrogens with one attached hydrogen (secondary N) is 1. The first-order valence-electron chi connectivity index (χ1n) is 5.80. The van der Waals surface area contributed by atoms with Crippen LogP contribution in [-0.4, -0.2) is 54.9 Å². The molecule has 0 bridgehead atoms. The van der Waals surface area contributed by atoms with Crippen LogP contribution in [-0.2, 0) is 9.53 Å². The Bertz CT molecular complexity index is 283. The summed E-state index contributed by atoms with van der Waals surface area (Å²) in [4.78, 5) is 24.0. The third kappa shape index (κ3) is 4.32. The summed E-state index contributed by atoms with van der Waals surface area (Å²) in [6.07, 6.45) is 2.59. The van der Waals surface area contributed by atoms with E-state index in [1.54, 1.807) is 11.9 Å². The molecule has 1 saturated carbocycles. The third-order valence-corrected chi connectivity index (χ3v) is 3.08. The van der Waals surface area contributed by atoms with E-state index in [9.17, 15) is 14.7 Å². The molecule has 6 nitrogen and oxygen atoms in total. The molecule has 1 fully saturated rings. The number of alkyl carbamates (subject to hydrolysis) is 1. The Kier molecular flexibility index (Phi) is 5.37. The van der Waals surface area contributed by atoms with E-state index in [1.807, 2.05) is 0 Å². The Labute approximate surface area is 101 Å². The van der Waals surface area contributed by atoms with Crippen molar-refractivity contribution in [1.29, 1.82) is 0 Å². The summed E-state index contributed by atoms with van der Waals surface area (Å²) in [6.45, 7) is 0.0802. The van der Waals surface area contributed by atoms with Gasteiger partial charge in [0.15, 0.2) is 0 Å². The number of aliphatic hydroxyl groups excluding tert-OH is 1. The van der Waals surface area contributed by atoms with E-state index in [0.717, 1.165) is 25.7 Å². The molecule has 0 aromatic heterocycles. The van der Waals surface area contributed by atoms with Crippen molar-refractivity contribution in [2.24, 2.45) is 0 Å². The molecule has 2 atom stereocenters. The minimum absolute atomic E-state index is 0.00727. The molecule has 17 heavy (non-hydrogen) atoms. The van der Waals surface area contributed by atoms with Crippen LogP contribution >= 0.6 is 0 Å². The fraction of sp³-hybridized carbons (Fsp3) is 0.818. The van der Waals surface area contributed by atoms with Gasteiger partial charge in [-0.05, 0) is 19.9 Å². The first kappa shape index (κ1) is 13.9. The normalized spacial score (nSPS) is 24.5. The summed E-state index contributed by atoms with van der Waals surface area (Å²) in [6, 6.07) is -0.00727. The quantitative estimate of drug-likeness (QED) is 0.736. The molecule has 0 saturated heterocycles. The van der Waals surface area contributed by atoms with Crippen molar-refractivity contribution >= 4 is 12.0 Å². The SMILES string of the molecule is COC(=O)NC(=O)CN(C)C1CCCCC1O. The minimum atomic E-state index is -0.757. The lowest BCUT2D eigenvalue weighted by Gasteiger charge is -2.34. The number of nitrogens with zero attached hydrogens (tertiary/aromatic N) is 1. The van der Waals surface area contributed by atoms with E-state index in [1.165, 1.54) is 7.11 Å². The van der Waals surface area contributed by atoms with Crippen LogP contribution in [0.1, 0.15) is 25.7 Å². The van der Waals surface area contributed by atoms with Crippen LogP contribution in [0.2, 0.25) is 0 Å². The fourth-order valence-electron chi connectivity index (χ4n) is 2.15. The van der Waals surface area contributed by atoms with Gasteiger partial charge in [-0.25, -0.2) is 4.79 Å².